The van der Waals surface area contributed by atoms with Gasteiger partial charge in [-0.3, -0.25) is 0 Å². The van der Waals surface area contributed by atoms with E-state index in [1.807, 2.05) is 0 Å². The van der Waals surface area contributed by atoms with Crippen LogP contribution in [0.3, 0.4) is 0 Å². The number of unbranched alkanes of at least 4 members (excludes halogenated alkanes) is 2. The third-order valence-electron chi connectivity index (χ3n) is 6.56. The summed E-state index contributed by atoms with van der Waals surface area (Å²) in [5.41, 5.74) is -0.135. The van der Waals surface area contributed by atoms with Crippen LogP contribution in [0.1, 0.15) is 97.3 Å². The summed E-state index contributed by atoms with van der Waals surface area (Å²) in [5, 5.41) is 9.65. The van der Waals surface area contributed by atoms with Gasteiger partial charge in [-0.15, -0.1) is 0 Å². The molecule has 0 aromatic carbocycles. The highest BCUT2D eigenvalue weighted by molar-refractivity contribution is 5.14. The van der Waals surface area contributed by atoms with Gasteiger partial charge in [0.25, 0.3) is 0 Å². The molecule has 0 aromatic heterocycles. The Labute approximate surface area is 144 Å². The number of allylic oxidation sites excluding steroid dienone is 2. The van der Waals surface area contributed by atoms with Crippen molar-refractivity contribution in [1.29, 1.82) is 5.26 Å². The molecule has 1 nitrogen and oxygen atoms in total. The lowest BCUT2D eigenvalue weighted by Gasteiger charge is -2.39. The van der Waals surface area contributed by atoms with Crippen molar-refractivity contribution in [2.45, 2.75) is 97.3 Å². The lowest BCUT2D eigenvalue weighted by molar-refractivity contribution is 0.136. The molecular formula is C22H37N. The molecule has 1 heteroatoms. The number of hydrogen-bond acceptors (Lipinski definition) is 1. The first-order chi connectivity index (χ1) is 11.2. The Morgan fingerprint density at radius 2 is 1.61 bits per heavy atom. The Morgan fingerprint density at radius 1 is 0.957 bits per heavy atom. The van der Waals surface area contributed by atoms with Crippen LogP contribution < -0.4 is 0 Å². The minimum atomic E-state index is -0.135. The number of nitrogens with zero attached hydrogens (tertiary/aromatic N) is 1. The van der Waals surface area contributed by atoms with E-state index in [1.54, 1.807) is 0 Å². The standard InChI is InChI=1S/C22H37N/c1-3-5-7-15-22(18-23)16-13-21(14-17-22)20-11-9-19(10-12-20)8-6-4-2/h7,15,19-21H,3-6,8-14,16-17H2,1-2H3/b15-7-. The molecule has 2 rings (SSSR count). The largest absolute Gasteiger partial charge is 0.197 e. The molecule has 0 aliphatic heterocycles. The van der Waals surface area contributed by atoms with E-state index in [2.05, 4.69) is 32.1 Å². The quantitative estimate of drug-likeness (QED) is 0.462. The van der Waals surface area contributed by atoms with Crippen molar-refractivity contribution in [3.05, 3.63) is 12.2 Å². The molecule has 0 saturated heterocycles. The first-order valence-electron chi connectivity index (χ1n) is 10.3. The summed E-state index contributed by atoms with van der Waals surface area (Å²) < 4.78 is 0. The summed E-state index contributed by atoms with van der Waals surface area (Å²) >= 11 is 0. The molecule has 0 spiro atoms. The smallest absolute Gasteiger partial charge is 0.0753 e. The second-order valence-electron chi connectivity index (χ2n) is 8.22. The van der Waals surface area contributed by atoms with E-state index in [9.17, 15) is 5.26 Å². The minimum absolute atomic E-state index is 0.135. The Balaban J connectivity index is 1.77. The van der Waals surface area contributed by atoms with E-state index < -0.39 is 0 Å². The Hall–Kier alpha value is -0.770. The van der Waals surface area contributed by atoms with Gasteiger partial charge in [0.05, 0.1) is 11.5 Å². The van der Waals surface area contributed by atoms with Crippen LogP contribution in [0.4, 0.5) is 0 Å². The fourth-order valence-electron chi connectivity index (χ4n) is 4.86. The Morgan fingerprint density at radius 3 is 2.17 bits per heavy atom. The van der Waals surface area contributed by atoms with Gasteiger partial charge in [0, 0.05) is 0 Å². The molecule has 0 radical (unpaired) electrons. The van der Waals surface area contributed by atoms with Crippen LogP contribution in [0.5, 0.6) is 0 Å². The molecule has 130 valence electrons. The van der Waals surface area contributed by atoms with Gasteiger partial charge in [0.1, 0.15) is 0 Å². The molecule has 2 fully saturated rings. The van der Waals surface area contributed by atoms with Crippen molar-refractivity contribution in [2.75, 3.05) is 0 Å². The molecule has 2 saturated carbocycles. The fraction of sp³-hybridized carbons (Fsp3) is 0.864. The number of nitriles is 1. The Kier molecular flexibility index (Phi) is 7.68. The van der Waals surface area contributed by atoms with Crippen LogP contribution in [0.15, 0.2) is 12.2 Å². The first kappa shape index (κ1) is 18.6. The Bertz CT molecular complexity index is 387. The first-order valence-corrected chi connectivity index (χ1v) is 10.3. The molecule has 2 aliphatic carbocycles. The lowest BCUT2D eigenvalue weighted by atomic mass is 9.64. The second-order valence-corrected chi connectivity index (χ2v) is 8.22. The molecule has 0 heterocycles. The van der Waals surface area contributed by atoms with Crippen LogP contribution in [-0.2, 0) is 0 Å². The SMILES string of the molecule is CCC/C=C\C1(C#N)CCC(C2CCC(CCCC)CC2)CC1. The minimum Gasteiger partial charge on any atom is -0.197 e. The normalized spacial score (nSPS) is 35.3. The average Bonchev–Trinajstić information content (AvgIpc) is 2.61. The molecule has 0 bridgehead atoms. The second kappa shape index (κ2) is 9.51. The number of rotatable bonds is 7. The molecule has 0 aromatic rings. The number of hydrogen-bond donors (Lipinski definition) is 0. The van der Waals surface area contributed by atoms with Crippen LogP contribution in [0.2, 0.25) is 0 Å². The van der Waals surface area contributed by atoms with Crippen molar-refractivity contribution in [3.8, 4) is 6.07 Å². The van der Waals surface area contributed by atoms with Gasteiger partial charge in [0.2, 0.25) is 0 Å². The molecule has 2 aliphatic rings. The van der Waals surface area contributed by atoms with Crippen molar-refractivity contribution in [1.82, 2.24) is 0 Å². The summed E-state index contributed by atoms with van der Waals surface area (Å²) in [4.78, 5) is 0. The van der Waals surface area contributed by atoms with E-state index in [-0.39, 0.29) is 5.41 Å². The van der Waals surface area contributed by atoms with E-state index in [0.717, 1.165) is 37.0 Å². The zero-order valence-electron chi connectivity index (χ0n) is 15.5. The van der Waals surface area contributed by atoms with Crippen molar-refractivity contribution < 1.29 is 0 Å². The summed E-state index contributed by atoms with van der Waals surface area (Å²) in [6.07, 6.45) is 21.7. The maximum atomic E-state index is 9.65. The summed E-state index contributed by atoms with van der Waals surface area (Å²) in [7, 11) is 0. The van der Waals surface area contributed by atoms with E-state index in [1.165, 1.54) is 64.2 Å². The van der Waals surface area contributed by atoms with E-state index >= 15 is 0 Å². The molecule has 0 unspecified atom stereocenters. The van der Waals surface area contributed by atoms with Crippen LogP contribution in [-0.4, -0.2) is 0 Å². The zero-order valence-corrected chi connectivity index (χ0v) is 15.5. The summed E-state index contributed by atoms with van der Waals surface area (Å²) in [6.45, 7) is 4.52. The van der Waals surface area contributed by atoms with Crippen molar-refractivity contribution in [3.63, 3.8) is 0 Å². The van der Waals surface area contributed by atoms with Crippen LogP contribution in [0, 0.1) is 34.5 Å². The third-order valence-corrected chi connectivity index (χ3v) is 6.56. The topological polar surface area (TPSA) is 23.8 Å². The predicted molar refractivity (Wildman–Crippen MR) is 99.0 cm³/mol. The van der Waals surface area contributed by atoms with Gasteiger partial charge in [-0.25, -0.2) is 0 Å². The molecule has 0 atom stereocenters. The van der Waals surface area contributed by atoms with Crippen LogP contribution in [0.25, 0.3) is 0 Å². The van der Waals surface area contributed by atoms with Gasteiger partial charge in [-0.05, 0) is 62.7 Å². The summed E-state index contributed by atoms with van der Waals surface area (Å²) in [6, 6.07) is 2.64. The van der Waals surface area contributed by atoms with E-state index in [4.69, 9.17) is 0 Å². The van der Waals surface area contributed by atoms with Gasteiger partial charge in [-0.1, -0.05) is 64.5 Å². The van der Waals surface area contributed by atoms with Gasteiger partial charge in [0.15, 0.2) is 0 Å². The lowest BCUT2D eigenvalue weighted by Crippen LogP contribution is -2.30. The van der Waals surface area contributed by atoms with Crippen molar-refractivity contribution in [2.24, 2.45) is 23.2 Å². The van der Waals surface area contributed by atoms with Crippen molar-refractivity contribution >= 4 is 0 Å². The fourth-order valence-corrected chi connectivity index (χ4v) is 4.86. The zero-order chi connectivity index (χ0) is 16.5. The highest BCUT2D eigenvalue weighted by Crippen LogP contribution is 2.46. The maximum Gasteiger partial charge on any atom is 0.0753 e. The summed E-state index contributed by atoms with van der Waals surface area (Å²) in [5.74, 6) is 2.89. The molecule has 23 heavy (non-hydrogen) atoms. The average molecular weight is 316 g/mol. The maximum absolute atomic E-state index is 9.65. The highest BCUT2D eigenvalue weighted by Gasteiger charge is 2.37. The monoisotopic (exact) mass is 315 g/mol. The molecule has 0 amide bonds. The van der Waals surface area contributed by atoms with Crippen LogP contribution >= 0.6 is 0 Å². The van der Waals surface area contributed by atoms with Gasteiger partial charge < -0.3 is 0 Å². The highest BCUT2D eigenvalue weighted by atomic mass is 14.4. The van der Waals surface area contributed by atoms with Gasteiger partial charge >= 0.3 is 0 Å². The predicted octanol–water partition coefficient (Wildman–Crippen LogP) is 7.04. The molecular weight excluding hydrogens is 278 g/mol. The van der Waals surface area contributed by atoms with E-state index in [0.29, 0.717) is 0 Å². The molecule has 0 N–H and O–H groups in total. The van der Waals surface area contributed by atoms with Gasteiger partial charge in [-0.2, -0.15) is 5.26 Å². The third kappa shape index (κ3) is 5.37.